The first-order valence-corrected chi connectivity index (χ1v) is 9.94. The molecule has 1 N–H and O–H groups in total. The maximum Gasteiger partial charge on any atom is 0.259 e. The summed E-state index contributed by atoms with van der Waals surface area (Å²) in [6, 6.07) is 3.30. The van der Waals surface area contributed by atoms with Gasteiger partial charge in [-0.25, -0.2) is 19.3 Å². The Morgan fingerprint density at radius 1 is 1.25 bits per heavy atom. The molecule has 1 aliphatic heterocycles. The van der Waals surface area contributed by atoms with E-state index in [0.717, 1.165) is 17.0 Å². The van der Waals surface area contributed by atoms with Crippen LogP contribution in [0.2, 0.25) is 0 Å². The molecule has 0 amide bonds. The van der Waals surface area contributed by atoms with Crippen molar-refractivity contribution in [3.63, 3.8) is 0 Å². The average molecular weight is 399 g/mol. The molecule has 5 heterocycles. The Bertz CT molecular complexity index is 1260. The van der Waals surface area contributed by atoms with E-state index in [2.05, 4.69) is 20.3 Å². The standard InChI is InChI=1S/C19H18FN5O2S/c1-9-5-13(23-18-17(9)22-10(2)27-18)14-6-16(26)25-8-15(28-19(25)24-14)11-3-4-21-7-12(11)20/h5-6,8,11-12,21H,3-4,7H2,1-2H3/t11-,12+/m0/s1. The van der Waals surface area contributed by atoms with Gasteiger partial charge in [0.15, 0.2) is 10.9 Å². The summed E-state index contributed by atoms with van der Waals surface area (Å²) >= 11 is 1.36. The lowest BCUT2D eigenvalue weighted by Crippen LogP contribution is -2.36. The zero-order valence-electron chi connectivity index (χ0n) is 15.4. The summed E-state index contributed by atoms with van der Waals surface area (Å²) in [5.41, 5.74) is 2.86. The van der Waals surface area contributed by atoms with Gasteiger partial charge < -0.3 is 9.73 Å². The number of aromatic nitrogens is 4. The summed E-state index contributed by atoms with van der Waals surface area (Å²) in [7, 11) is 0. The normalized spacial score (nSPS) is 20.2. The number of pyridine rings is 1. The van der Waals surface area contributed by atoms with Crippen molar-refractivity contribution in [3.05, 3.63) is 45.0 Å². The minimum Gasteiger partial charge on any atom is -0.423 e. The number of thiazole rings is 1. The molecule has 28 heavy (non-hydrogen) atoms. The number of fused-ring (bicyclic) bond motifs is 2. The van der Waals surface area contributed by atoms with Gasteiger partial charge in [-0.2, -0.15) is 0 Å². The third-order valence-electron chi connectivity index (χ3n) is 5.09. The molecule has 1 saturated heterocycles. The smallest absolute Gasteiger partial charge is 0.259 e. The largest absolute Gasteiger partial charge is 0.423 e. The number of oxazole rings is 1. The number of alkyl halides is 1. The number of hydrogen-bond donors (Lipinski definition) is 1. The first-order valence-electron chi connectivity index (χ1n) is 9.12. The number of halogens is 1. The number of hydrogen-bond acceptors (Lipinski definition) is 7. The summed E-state index contributed by atoms with van der Waals surface area (Å²) in [6.45, 7) is 4.80. The maximum atomic E-state index is 14.3. The fraction of sp³-hybridized carbons (Fsp3) is 0.368. The van der Waals surface area contributed by atoms with Crippen molar-refractivity contribution in [2.24, 2.45) is 0 Å². The van der Waals surface area contributed by atoms with E-state index in [1.807, 2.05) is 13.0 Å². The molecule has 9 heteroatoms. The number of rotatable bonds is 2. The van der Waals surface area contributed by atoms with Crippen molar-refractivity contribution in [1.29, 1.82) is 0 Å². The summed E-state index contributed by atoms with van der Waals surface area (Å²) < 4.78 is 21.3. The number of nitrogens with one attached hydrogen (secondary N) is 1. The molecule has 0 unspecified atom stereocenters. The van der Waals surface area contributed by atoms with Crippen LogP contribution in [0.3, 0.4) is 0 Å². The highest BCUT2D eigenvalue weighted by atomic mass is 32.1. The van der Waals surface area contributed by atoms with Crippen LogP contribution in [0.25, 0.3) is 27.6 Å². The van der Waals surface area contributed by atoms with Gasteiger partial charge in [0, 0.05) is 36.5 Å². The SMILES string of the molecule is Cc1nc2c(C)cc(-c3cc(=O)n4cc([C@H]5CCNC[C@H]5F)sc4n3)nc2o1. The number of piperidine rings is 1. The Morgan fingerprint density at radius 3 is 2.89 bits per heavy atom. The first kappa shape index (κ1) is 17.4. The lowest BCUT2D eigenvalue weighted by Gasteiger charge is -2.25. The molecular formula is C19H18FN5O2S. The van der Waals surface area contributed by atoms with E-state index < -0.39 is 6.17 Å². The van der Waals surface area contributed by atoms with Crippen LogP contribution >= 0.6 is 11.3 Å². The number of nitrogens with zero attached hydrogens (tertiary/aromatic N) is 4. The zero-order chi connectivity index (χ0) is 19.4. The van der Waals surface area contributed by atoms with Crippen molar-refractivity contribution in [1.82, 2.24) is 24.7 Å². The second kappa shape index (κ2) is 6.46. The van der Waals surface area contributed by atoms with Crippen molar-refractivity contribution in [2.45, 2.75) is 32.4 Å². The van der Waals surface area contributed by atoms with Gasteiger partial charge in [-0.15, -0.1) is 11.3 Å². The average Bonchev–Trinajstić information content (AvgIpc) is 3.25. The molecule has 0 bridgehead atoms. The molecule has 0 aromatic carbocycles. The monoisotopic (exact) mass is 399 g/mol. The van der Waals surface area contributed by atoms with Gasteiger partial charge in [0.05, 0.1) is 11.4 Å². The summed E-state index contributed by atoms with van der Waals surface area (Å²) in [6.07, 6.45) is 1.47. The van der Waals surface area contributed by atoms with Gasteiger partial charge in [-0.3, -0.25) is 9.20 Å². The predicted molar refractivity (Wildman–Crippen MR) is 105 cm³/mol. The fourth-order valence-electron chi connectivity index (χ4n) is 3.66. The molecule has 4 aromatic heterocycles. The maximum absolute atomic E-state index is 14.3. The van der Waals surface area contributed by atoms with E-state index in [4.69, 9.17) is 4.42 Å². The molecular weight excluding hydrogens is 381 g/mol. The molecule has 4 aromatic rings. The summed E-state index contributed by atoms with van der Waals surface area (Å²) in [5.74, 6) is 0.335. The summed E-state index contributed by atoms with van der Waals surface area (Å²) in [5, 5.41) is 3.05. The van der Waals surface area contributed by atoms with Crippen LogP contribution in [0.1, 0.15) is 28.7 Å². The predicted octanol–water partition coefficient (Wildman–Crippen LogP) is 2.99. The van der Waals surface area contributed by atoms with Crippen LogP contribution in [0.4, 0.5) is 4.39 Å². The van der Waals surface area contributed by atoms with Crippen LogP contribution in [0.15, 0.2) is 27.5 Å². The van der Waals surface area contributed by atoms with Crippen molar-refractivity contribution < 1.29 is 8.81 Å². The van der Waals surface area contributed by atoms with E-state index in [9.17, 15) is 9.18 Å². The molecule has 0 aliphatic carbocycles. The molecule has 0 spiro atoms. The van der Waals surface area contributed by atoms with E-state index >= 15 is 0 Å². The molecule has 7 nitrogen and oxygen atoms in total. The lowest BCUT2D eigenvalue weighted by molar-refractivity contribution is 0.233. The summed E-state index contributed by atoms with van der Waals surface area (Å²) in [4.78, 5) is 27.5. The Hall–Kier alpha value is -2.65. The van der Waals surface area contributed by atoms with Gasteiger partial charge in [0.25, 0.3) is 5.56 Å². The molecule has 1 fully saturated rings. The van der Waals surface area contributed by atoms with Crippen LogP contribution in [0, 0.1) is 13.8 Å². The minimum atomic E-state index is -0.960. The Morgan fingerprint density at radius 2 is 2.07 bits per heavy atom. The van der Waals surface area contributed by atoms with E-state index in [1.54, 1.807) is 13.1 Å². The van der Waals surface area contributed by atoms with Crippen molar-refractivity contribution in [3.8, 4) is 11.4 Å². The molecule has 5 rings (SSSR count). The van der Waals surface area contributed by atoms with E-state index in [-0.39, 0.29) is 11.5 Å². The highest BCUT2D eigenvalue weighted by Crippen LogP contribution is 2.33. The third kappa shape index (κ3) is 2.82. The minimum absolute atomic E-state index is 0.204. The van der Waals surface area contributed by atoms with E-state index in [1.165, 1.54) is 21.8 Å². The van der Waals surface area contributed by atoms with Crippen LogP contribution in [0.5, 0.6) is 0 Å². The Balaban J connectivity index is 1.62. The molecule has 0 saturated carbocycles. The highest BCUT2D eigenvalue weighted by molar-refractivity contribution is 7.17. The van der Waals surface area contributed by atoms with Gasteiger partial charge in [-0.1, -0.05) is 0 Å². The fourth-order valence-corrected chi connectivity index (χ4v) is 4.83. The zero-order valence-corrected chi connectivity index (χ0v) is 16.2. The topological polar surface area (TPSA) is 85.3 Å². The van der Waals surface area contributed by atoms with Crippen molar-refractivity contribution >= 4 is 27.5 Å². The lowest BCUT2D eigenvalue weighted by atomic mass is 9.95. The Labute approximate surface area is 163 Å². The van der Waals surface area contributed by atoms with Crippen molar-refractivity contribution in [2.75, 3.05) is 13.1 Å². The molecule has 144 valence electrons. The Kier molecular flexibility index (Phi) is 4.02. The quantitative estimate of drug-likeness (QED) is 0.558. The molecule has 1 aliphatic rings. The number of aryl methyl sites for hydroxylation is 2. The first-order chi connectivity index (χ1) is 13.5. The second-order valence-electron chi connectivity index (χ2n) is 7.09. The van der Waals surface area contributed by atoms with Gasteiger partial charge in [0.1, 0.15) is 11.7 Å². The van der Waals surface area contributed by atoms with Gasteiger partial charge >= 0.3 is 0 Å². The van der Waals surface area contributed by atoms with Crippen LogP contribution < -0.4 is 10.9 Å². The van der Waals surface area contributed by atoms with Crippen LogP contribution in [-0.2, 0) is 0 Å². The molecule has 2 atom stereocenters. The van der Waals surface area contributed by atoms with Gasteiger partial charge in [-0.05, 0) is 31.5 Å². The third-order valence-corrected chi connectivity index (χ3v) is 6.20. The second-order valence-corrected chi connectivity index (χ2v) is 8.13. The highest BCUT2D eigenvalue weighted by Gasteiger charge is 2.28. The van der Waals surface area contributed by atoms with Gasteiger partial charge in [0.2, 0.25) is 5.71 Å². The molecule has 0 radical (unpaired) electrons. The van der Waals surface area contributed by atoms with E-state index in [0.29, 0.717) is 46.4 Å². The van der Waals surface area contributed by atoms with Crippen LogP contribution in [-0.4, -0.2) is 38.6 Å².